The number of aromatic nitrogens is 2. The summed E-state index contributed by atoms with van der Waals surface area (Å²) in [5, 5.41) is 9.67. The molecule has 0 saturated heterocycles. The van der Waals surface area contributed by atoms with Crippen LogP contribution in [0.15, 0.2) is 138 Å². The van der Waals surface area contributed by atoms with E-state index in [0.29, 0.717) is 0 Å². The molecular formula is C40H24N2O. The molecule has 200 valence electrons. The first-order valence-corrected chi connectivity index (χ1v) is 14.7. The average molecular weight is 549 g/mol. The highest BCUT2D eigenvalue weighted by Gasteiger charge is 2.20. The molecule has 3 nitrogen and oxygen atoms in total. The Labute approximate surface area is 246 Å². The molecule has 0 atom stereocenters. The van der Waals surface area contributed by atoms with Crippen molar-refractivity contribution in [3.05, 3.63) is 133 Å². The lowest BCUT2D eigenvalue weighted by Crippen LogP contribution is -1.83. The third-order valence-corrected chi connectivity index (χ3v) is 9.13. The highest BCUT2D eigenvalue weighted by Crippen LogP contribution is 2.44. The number of fused-ring (bicyclic) bond motifs is 13. The van der Waals surface area contributed by atoms with E-state index < -0.39 is 0 Å². The van der Waals surface area contributed by atoms with Gasteiger partial charge in [0.25, 0.3) is 0 Å². The molecule has 7 aromatic carbocycles. The molecule has 2 N–H and O–H groups in total. The van der Waals surface area contributed by atoms with Crippen molar-refractivity contribution in [1.29, 1.82) is 0 Å². The number of benzene rings is 7. The van der Waals surface area contributed by atoms with Gasteiger partial charge in [0.2, 0.25) is 0 Å². The second kappa shape index (κ2) is 8.37. The normalized spacial score (nSPS) is 12.2. The fraction of sp³-hybridized carbons (Fsp3) is 0. The van der Waals surface area contributed by atoms with Gasteiger partial charge >= 0.3 is 0 Å². The topological polar surface area (TPSA) is 44.7 Å². The fourth-order valence-electron chi connectivity index (χ4n) is 7.22. The Bertz CT molecular complexity index is 2720. The summed E-state index contributed by atoms with van der Waals surface area (Å²) < 4.78 is 6.50. The summed E-state index contributed by atoms with van der Waals surface area (Å²) in [6, 6.07) is 47.8. The zero-order valence-corrected chi connectivity index (χ0v) is 23.1. The maximum atomic E-state index is 6.50. The van der Waals surface area contributed by atoms with Crippen LogP contribution in [-0.4, -0.2) is 9.97 Å². The third kappa shape index (κ3) is 3.14. The van der Waals surface area contributed by atoms with E-state index in [-0.39, 0.29) is 0 Å². The van der Waals surface area contributed by atoms with Crippen LogP contribution in [0.4, 0.5) is 0 Å². The van der Waals surface area contributed by atoms with E-state index in [1.165, 1.54) is 54.6 Å². The first-order valence-electron chi connectivity index (χ1n) is 14.7. The molecule has 43 heavy (non-hydrogen) atoms. The van der Waals surface area contributed by atoms with E-state index in [1.807, 2.05) is 6.07 Å². The van der Waals surface area contributed by atoms with Crippen molar-refractivity contribution in [3.8, 4) is 22.3 Å². The van der Waals surface area contributed by atoms with Gasteiger partial charge in [0.05, 0.1) is 5.52 Å². The Kier molecular flexibility index (Phi) is 4.45. The van der Waals surface area contributed by atoms with E-state index in [9.17, 15) is 0 Å². The summed E-state index contributed by atoms with van der Waals surface area (Å²) in [5.74, 6) is 0. The number of rotatable bonds is 2. The van der Waals surface area contributed by atoms with Crippen LogP contribution >= 0.6 is 0 Å². The molecule has 0 amide bonds. The van der Waals surface area contributed by atoms with Crippen LogP contribution in [-0.2, 0) is 0 Å². The summed E-state index contributed by atoms with van der Waals surface area (Å²) in [7, 11) is 0. The average Bonchev–Trinajstić information content (AvgIpc) is 3.76. The maximum absolute atomic E-state index is 6.50. The van der Waals surface area contributed by atoms with Crippen molar-refractivity contribution in [2.75, 3.05) is 0 Å². The summed E-state index contributed by atoms with van der Waals surface area (Å²) in [6.07, 6.45) is 0. The van der Waals surface area contributed by atoms with Gasteiger partial charge in [-0.1, -0.05) is 103 Å². The zero-order valence-electron chi connectivity index (χ0n) is 23.1. The van der Waals surface area contributed by atoms with Crippen LogP contribution in [0.3, 0.4) is 0 Å². The molecule has 0 unspecified atom stereocenters. The Morgan fingerprint density at radius 3 is 2.02 bits per heavy atom. The first kappa shape index (κ1) is 22.8. The predicted molar refractivity (Wildman–Crippen MR) is 181 cm³/mol. The summed E-state index contributed by atoms with van der Waals surface area (Å²) in [4.78, 5) is 7.40. The van der Waals surface area contributed by atoms with Gasteiger partial charge in [-0.3, -0.25) is 0 Å². The van der Waals surface area contributed by atoms with Gasteiger partial charge in [0.15, 0.2) is 5.58 Å². The molecule has 10 aromatic rings. The molecule has 0 radical (unpaired) electrons. The van der Waals surface area contributed by atoms with Crippen LogP contribution in [0.25, 0.3) is 98.6 Å². The van der Waals surface area contributed by atoms with Crippen molar-refractivity contribution < 1.29 is 4.42 Å². The van der Waals surface area contributed by atoms with E-state index >= 15 is 0 Å². The second-order valence-corrected chi connectivity index (χ2v) is 11.5. The van der Waals surface area contributed by atoms with Crippen molar-refractivity contribution in [1.82, 2.24) is 9.97 Å². The minimum atomic E-state index is 0.910. The molecular weight excluding hydrogens is 524 g/mol. The Morgan fingerprint density at radius 1 is 0.395 bits per heavy atom. The number of H-pyrrole nitrogens is 2. The highest BCUT2D eigenvalue weighted by atomic mass is 16.3. The van der Waals surface area contributed by atoms with Gasteiger partial charge in [-0.05, 0) is 63.4 Å². The minimum absolute atomic E-state index is 0.910. The van der Waals surface area contributed by atoms with Gasteiger partial charge in [0.1, 0.15) is 5.58 Å². The van der Waals surface area contributed by atoms with Crippen LogP contribution in [0.5, 0.6) is 0 Å². The molecule has 3 heterocycles. The van der Waals surface area contributed by atoms with Crippen molar-refractivity contribution >= 4 is 76.3 Å². The van der Waals surface area contributed by atoms with Crippen molar-refractivity contribution in [2.45, 2.75) is 0 Å². The van der Waals surface area contributed by atoms with E-state index in [2.05, 4.69) is 137 Å². The Hall–Kier alpha value is -5.80. The molecule has 10 rings (SSSR count). The number of hydrogen-bond acceptors (Lipinski definition) is 1. The minimum Gasteiger partial charge on any atom is -0.454 e. The lowest BCUT2D eigenvalue weighted by molar-refractivity contribution is 0.672. The van der Waals surface area contributed by atoms with Gasteiger partial charge in [-0.15, -0.1) is 0 Å². The van der Waals surface area contributed by atoms with Crippen LogP contribution in [0.2, 0.25) is 0 Å². The number of nitrogens with one attached hydrogen (secondary N) is 2. The summed E-state index contributed by atoms with van der Waals surface area (Å²) in [5.41, 5.74) is 11.2. The van der Waals surface area contributed by atoms with Gasteiger partial charge in [-0.25, -0.2) is 0 Å². The van der Waals surface area contributed by atoms with Crippen LogP contribution < -0.4 is 0 Å². The predicted octanol–water partition coefficient (Wildman–Crippen LogP) is 11.3. The zero-order chi connectivity index (χ0) is 28.1. The van der Waals surface area contributed by atoms with Gasteiger partial charge < -0.3 is 14.4 Å². The molecule has 0 saturated carbocycles. The molecule has 0 aliphatic rings. The third-order valence-electron chi connectivity index (χ3n) is 9.13. The van der Waals surface area contributed by atoms with Crippen molar-refractivity contribution in [2.24, 2.45) is 0 Å². The smallest absolute Gasteiger partial charge is 0.160 e. The van der Waals surface area contributed by atoms with Gasteiger partial charge in [0, 0.05) is 48.9 Å². The number of furan rings is 1. The molecule has 3 heteroatoms. The summed E-state index contributed by atoms with van der Waals surface area (Å²) >= 11 is 0. The largest absolute Gasteiger partial charge is 0.454 e. The van der Waals surface area contributed by atoms with Crippen molar-refractivity contribution in [3.63, 3.8) is 0 Å². The van der Waals surface area contributed by atoms with Crippen LogP contribution in [0, 0.1) is 0 Å². The first-order chi connectivity index (χ1) is 21.3. The number of aromatic amines is 2. The lowest BCUT2D eigenvalue weighted by atomic mass is 9.94. The molecule has 0 bridgehead atoms. The molecule has 0 aliphatic carbocycles. The van der Waals surface area contributed by atoms with E-state index in [0.717, 1.165) is 44.0 Å². The lowest BCUT2D eigenvalue weighted by Gasteiger charge is -2.08. The molecule has 3 aromatic heterocycles. The number of para-hydroxylation sites is 2. The Morgan fingerprint density at radius 2 is 1.12 bits per heavy atom. The number of hydrogen-bond donors (Lipinski definition) is 2. The highest BCUT2D eigenvalue weighted by molar-refractivity contribution is 6.34. The summed E-state index contributed by atoms with van der Waals surface area (Å²) in [6.45, 7) is 0. The standard InChI is InChI=1S/C40H24N2O/c1-2-9-23(10-3-1)26-13-8-15-33-36(26)29-20-18-25(22-34(29)41-33)24-17-19-27-31(21-24)37-28-11-4-6-14-32(28)42-39(37)40-38(27)30-12-5-7-16-35(30)43-40/h1-22,41-42H. The molecule has 0 aliphatic heterocycles. The molecule has 0 spiro atoms. The quantitative estimate of drug-likeness (QED) is 0.222. The van der Waals surface area contributed by atoms with Gasteiger partial charge in [-0.2, -0.15) is 0 Å². The SMILES string of the molecule is c1ccc(-c2cccc3[nH]c4cc(-c5ccc6c(c5)c5c7ccccc7[nH]c5c5oc7ccccc7c65)ccc4c23)cc1. The second-order valence-electron chi connectivity index (χ2n) is 11.5. The monoisotopic (exact) mass is 548 g/mol. The Balaban J connectivity index is 1.25. The fourth-order valence-corrected chi connectivity index (χ4v) is 7.22. The van der Waals surface area contributed by atoms with Crippen LogP contribution in [0.1, 0.15) is 0 Å². The maximum Gasteiger partial charge on any atom is 0.160 e. The molecule has 0 fully saturated rings. The van der Waals surface area contributed by atoms with E-state index in [1.54, 1.807) is 0 Å². The van der Waals surface area contributed by atoms with E-state index in [4.69, 9.17) is 4.42 Å².